The van der Waals surface area contributed by atoms with Gasteiger partial charge in [-0.1, -0.05) is 31.0 Å². The van der Waals surface area contributed by atoms with Gasteiger partial charge in [0.25, 0.3) is 5.91 Å². The molecule has 1 amide bonds. The molecule has 2 aliphatic rings. The molecule has 2 heterocycles. The van der Waals surface area contributed by atoms with Gasteiger partial charge in [0.05, 0.1) is 23.9 Å². The first kappa shape index (κ1) is 23.9. The third-order valence-electron chi connectivity index (χ3n) is 5.71. The van der Waals surface area contributed by atoms with E-state index in [4.69, 9.17) is 9.72 Å². The SMILES string of the molecule is COc1ccccc1C1CNCCN1C(=O)c1sc(C2CCCC2)nc1C.Cl.Cl. The quantitative estimate of drug-likeness (QED) is 0.719. The van der Waals surface area contributed by atoms with Gasteiger partial charge < -0.3 is 15.0 Å². The van der Waals surface area contributed by atoms with Gasteiger partial charge in [0.15, 0.2) is 0 Å². The third kappa shape index (κ3) is 4.88. The van der Waals surface area contributed by atoms with E-state index in [0.717, 1.165) is 40.0 Å². The Hall–Kier alpha value is -1.34. The van der Waals surface area contributed by atoms with Crippen LogP contribution in [0.15, 0.2) is 24.3 Å². The van der Waals surface area contributed by atoms with Crippen molar-refractivity contribution in [2.75, 3.05) is 26.7 Å². The van der Waals surface area contributed by atoms with Gasteiger partial charge in [0.1, 0.15) is 10.6 Å². The van der Waals surface area contributed by atoms with E-state index in [1.165, 1.54) is 25.7 Å². The lowest BCUT2D eigenvalue weighted by molar-refractivity contribution is 0.0635. The number of para-hydroxylation sites is 1. The summed E-state index contributed by atoms with van der Waals surface area (Å²) in [5, 5.41) is 4.57. The molecule has 1 saturated carbocycles. The number of nitrogens with one attached hydrogen (secondary N) is 1. The van der Waals surface area contributed by atoms with Gasteiger partial charge in [-0.3, -0.25) is 4.79 Å². The summed E-state index contributed by atoms with van der Waals surface area (Å²) in [7, 11) is 1.68. The Morgan fingerprint density at radius 2 is 1.97 bits per heavy atom. The first-order valence-electron chi connectivity index (χ1n) is 9.81. The smallest absolute Gasteiger partial charge is 0.266 e. The van der Waals surface area contributed by atoms with E-state index in [2.05, 4.69) is 11.4 Å². The molecule has 5 nitrogen and oxygen atoms in total. The Bertz CT molecular complexity index is 824. The topological polar surface area (TPSA) is 54.5 Å². The van der Waals surface area contributed by atoms with Gasteiger partial charge in [-0.05, 0) is 25.8 Å². The standard InChI is InChI=1S/C21H27N3O2S.2ClH/c1-14-19(27-20(23-14)15-7-3-4-8-15)21(25)24-12-11-22-13-17(24)16-9-5-6-10-18(16)26-2;;/h5-6,9-10,15,17,22H,3-4,7-8,11-13H2,1-2H3;2*1H. The second kappa shape index (κ2) is 10.6. The van der Waals surface area contributed by atoms with Gasteiger partial charge in [0.2, 0.25) is 0 Å². The molecule has 1 aromatic heterocycles. The number of carbonyl (C=O) groups is 1. The lowest BCUT2D eigenvalue weighted by Crippen LogP contribution is -2.48. The van der Waals surface area contributed by atoms with E-state index in [1.54, 1.807) is 18.4 Å². The van der Waals surface area contributed by atoms with Crippen LogP contribution in [0.1, 0.15) is 63.6 Å². The van der Waals surface area contributed by atoms with Crippen LogP contribution < -0.4 is 10.1 Å². The van der Waals surface area contributed by atoms with E-state index in [-0.39, 0.29) is 36.8 Å². The van der Waals surface area contributed by atoms with Crippen molar-refractivity contribution >= 4 is 42.1 Å². The number of hydrogen-bond acceptors (Lipinski definition) is 5. The van der Waals surface area contributed by atoms with E-state index < -0.39 is 0 Å². The van der Waals surface area contributed by atoms with Crippen molar-refractivity contribution in [3.8, 4) is 5.75 Å². The maximum atomic E-state index is 13.5. The largest absolute Gasteiger partial charge is 0.496 e. The zero-order chi connectivity index (χ0) is 18.8. The van der Waals surface area contributed by atoms with Crippen LogP contribution in [0.2, 0.25) is 0 Å². The highest BCUT2D eigenvalue weighted by Gasteiger charge is 2.33. The van der Waals surface area contributed by atoms with Crippen molar-refractivity contribution in [3.63, 3.8) is 0 Å². The summed E-state index contributed by atoms with van der Waals surface area (Å²) < 4.78 is 5.55. The Kier molecular flexibility index (Phi) is 8.76. The van der Waals surface area contributed by atoms with E-state index >= 15 is 0 Å². The molecule has 29 heavy (non-hydrogen) atoms. The summed E-state index contributed by atoms with van der Waals surface area (Å²) in [5.74, 6) is 1.48. The fourth-order valence-electron chi connectivity index (χ4n) is 4.26. The Morgan fingerprint density at radius 1 is 1.24 bits per heavy atom. The van der Waals surface area contributed by atoms with Crippen LogP contribution in [0.4, 0.5) is 0 Å². The number of rotatable bonds is 4. The minimum Gasteiger partial charge on any atom is -0.496 e. The fourth-order valence-corrected chi connectivity index (χ4v) is 5.45. The maximum absolute atomic E-state index is 13.5. The molecule has 1 unspecified atom stereocenters. The summed E-state index contributed by atoms with van der Waals surface area (Å²) in [6.07, 6.45) is 4.97. The summed E-state index contributed by atoms with van der Waals surface area (Å²) in [6, 6.07) is 7.96. The Labute approximate surface area is 189 Å². The van der Waals surface area contributed by atoms with Gasteiger partial charge in [-0.2, -0.15) is 0 Å². The van der Waals surface area contributed by atoms with Gasteiger partial charge in [-0.15, -0.1) is 36.2 Å². The number of nitrogens with zero attached hydrogens (tertiary/aromatic N) is 2. The molecule has 8 heteroatoms. The van der Waals surface area contributed by atoms with E-state index in [9.17, 15) is 4.79 Å². The van der Waals surface area contributed by atoms with Crippen molar-refractivity contribution < 1.29 is 9.53 Å². The molecular weight excluding hydrogens is 429 g/mol. The zero-order valence-corrected chi connectivity index (χ0v) is 19.3. The van der Waals surface area contributed by atoms with Gasteiger partial charge >= 0.3 is 0 Å². The lowest BCUT2D eigenvalue weighted by atomic mass is 10.0. The number of aryl methyl sites for hydroxylation is 1. The second-order valence-electron chi connectivity index (χ2n) is 7.41. The maximum Gasteiger partial charge on any atom is 0.266 e. The number of amides is 1. The van der Waals surface area contributed by atoms with Crippen LogP contribution in [-0.4, -0.2) is 42.5 Å². The summed E-state index contributed by atoms with van der Waals surface area (Å²) in [5.41, 5.74) is 1.93. The molecule has 2 fully saturated rings. The third-order valence-corrected chi connectivity index (χ3v) is 7.02. The summed E-state index contributed by atoms with van der Waals surface area (Å²) in [4.78, 5) is 21.0. The van der Waals surface area contributed by atoms with Crippen molar-refractivity contribution in [2.45, 2.75) is 44.6 Å². The van der Waals surface area contributed by atoms with Crippen LogP contribution in [-0.2, 0) is 0 Å². The number of thiazole rings is 1. The van der Waals surface area contributed by atoms with Crippen LogP contribution in [0.3, 0.4) is 0 Å². The molecule has 0 spiro atoms. The predicted octanol–water partition coefficient (Wildman–Crippen LogP) is 4.75. The van der Waals surface area contributed by atoms with Crippen LogP contribution >= 0.6 is 36.2 Å². The highest BCUT2D eigenvalue weighted by Crippen LogP contribution is 2.38. The lowest BCUT2D eigenvalue weighted by Gasteiger charge is -2.37. The Morgan fingerprint density at radius 3 is 2.69 bits per heavy atom. The number of piperazine rings is 1. The molecule has 1 atom stereocenters. The normalized spacial score (nSPS) is 19.4. The minimum absolute atomic E-state index is 0. The molecule has 4 rings (SSSR count). The molecule has 1 N–H and O–H groups in total. The zero-order valence-electron chi connectivity index (χ0n) is 16.8. The van der Waals surface area contributed by atoms with Crippen molar-refractivity contribution in [1.29, 1.82) is 0 Å². The van der Waals surface area contributed by atoms with Gasteiger partial charge in [0, 0.05) is 31.1 Å². The van der Waals surface area contributed by atoms with Gasteiger partial charge in [-0.25, -0.2) is 4.98 Å². The predicted molar refractivity (Wildman–Crippen MR) is 122 cm³/mol. The second-order valence-corrected chi connectivity index (χ2v) is 8.44. The van der Waals surface area contributed by atoms with E-state index in [0.29, 0.717) is 12.5 Å². The number of hydrogen-bond donors (Lipinski definition) is 1. The van der Waals surface area contributed by atoms with Crippen LogP contribution in [0, 0.1) is 6.92 Å². The molecular formula is C21H29Cl2N3O2S. The molecule has 1 aromatic carbocycles. The van der Waals surface area contributed by atoms with Crippen LogP contribution in [0.5, 0.6) is 5.75 Å². The van der Waals surface area contributed by atoms with E-state index in [1.807, 2.05) is 30.0 Å². The molecule has 0 radical (unpaired) electrons. The minimum atomic E-state index is -0.0289. The number of halogens is 2. The number of methoxy groups -OCH3 is 1. The van der Waals surface area contributed by atoms with Crippen molar-refractivity contribution in [1.82, 2.24) is 15.2 Å². The first-order valence-corrected chi connectivity index (χ1v) is 10.6. The number of ether oxygens (including phenoxy) is 1. The molecule has 0 bridgehead atoms. The monoisotopic (exact) mass is 457 g/mol. The molecule has 1 saturated heterocycles. The summed E-state index contributed by atoms with van der Waals surface area (Å²) >= 11 is 1.61. The molecule has 160 valence electrons. The highest BCUT2D eigenvalue weighted by atomic mass is 35.5. The number of carbonyl (C=O) groups excluding carboxylic acids is 1. The first-order chi connectivity index (χ1) is 13.2. The fraction of sp³-hybridized carbons (Fsp3) is 0.524. The van der Waals surface area contributed by atoms with Crippen molar-refractivity contribution in [3.05, 3.63) is 45.4 Å². The Balaban J connectivity index is 0.00000150. The number of benzene rings is 1. The van der Waals surface area contributed by atoms with Crippen LogP contribution in [0.25, 0.3) is 0 Å². The average molecular weight is 458 g/mol. The summed E-state index contributed by atoms with van der Waals surface area (Å²) in [6.45, 7) is 4.21. The molecule has 1 aliphatic carbocycles. The number of aromatic nitrogens is 1. The van der Waals surface area contributed by atoms with Crippen molar-refractivity contribution in [2.24, 2.45) is 0 Å². The average Bonchev–Trinajstić information content (AvgIpc) is 3.37. The molecule has 1 aliphatic heterocycles. The molecule has 2 aromatic rings. The highest BCUT2D eigenvalue weighted by molar-refractivity contribution is 7.13.